The van der Waals surface area contributed by atoms with Gasteiger partial charge in [0.25, 0.3) is 5.91 Å². The van der Waals surface area contributed by atoms with Crippen LogP contribution in [0.1, 0.15) is 39.0 Å². The Labute approximate surface area is 156 Å². The lowest BCUT2D eigenvalue weighted by molar-refractivity contribution is 0.0513. The molecule has 9 nitrogen and oxygen atoms in total. The van der Waals surface area contributed by atoms with Gasteiger partial charge in [-0.15, -0.1) is 5.10 Å². The average Bonchev–Trinajstić information content (AvgIpc) is 3.23. The number of rotatable bonds is 6. The van der Waals surface area contributed by atoms with Crippen molar-refractivity contribution < 1.29 is 14.3 Å². The van der Waals surface area contributed by atoms with E-state index in [1.54, 1.807) is 18.7 Å². The zero-order valence-corrected chi connectivity index (χ0v) is 15.3. The van der Waals surface area contributed by atoms with Crippen molar-refractivity contribution in [2.24, 2.45) is 7.05 Å². The minimum Gasteiger partial charge on any atom is -0.461 e. The molecular weight excluding hydrogens is 348 g/mol. The van der Waals surface area contributed by atoms with Crippen LogP contribution in [0.15, 0.2) is 36.7 Å². The van der Waals surface area contributed by atoms with Crippen molar-refractivity contribution in [2.45, 2.75) is 20.4 Å². The molecule has 1 aromatic carbocycles. The topological polar surface area (TPSA) is 104 Å². The fraction of sp³-hybridized carbons (Fsp3) is 0.278. The summed E-state index contributed by atoms with van der Waals surface area (Å²) >= 11 is 0. The van der Waals surface area contributed by atoms with Crippen LogP contribution in [0.25, 0.3) is 0 Å². The van der Waals surface area contributed by atoms with Gasteiger partial charge in [-0.3, -0.25) is 14.8 Å². The van der Waals surface area contributed by atoms with Gasteiger partial charge in [0.15, 0.2) is 5.69 Å². The Bertz CT molecular complexity index is 958. The van der Waals surface area contributed by atoms with E-state index < -0.39 is 11.9 Å². The zero-order valence-electron chi connectivity index (χ0n) is 15.3. The summed E-state index contributed by atoms with van der Waals surface area (Å²) in [5.74, 6) is -0.878. The van der Waals surface area contributed by atoms with Crippen LogP contribution in [-0.2, 0) is 18.3 Å². The van der Waals surface area contributed by atoms with Gasteiger partial charge in [0.05, 0.1) is 13.2 Å². The summed E-state index contributed by atoms with van der Waals surface area (Å²) < 4.78 is 7.86. The second-order valence-corrected chi connectivity index (χ2v) is 5.96. The first kappa shape index (κ1) is 18.3. The first-order valence-electron chi connectivity index (χ1n) is 8.43. The number of nitrogens with one attached hydrogen (secondary N) is 1. The van der Waals surface area contributed by atoms with Crippen molar-refractivity contribution in [3.63, 3.8) is 0 Å². The molecule has 0 unspecified atom stereocenters. The summed E-state index contributed by atoms with van der Waals surface area (Å²) in [4.78, 5) is 28.2. The highest BCUT2D eigenvalue weighted by atomic mass is 16.5. The van der Waals surface area contributed by atoms with Gasteiger partial charge < -0.3 is 4.74 Å². The van der Waals surface area contributed by atoms with E-state index in [1.165, 1.54) is 22.6 Å². The maximum Gasteiger partial charge on any atom is 0.356 e. The second-order valence-electron chi connectivity index (χ2n) is 5.96. The summed E-state index contributed by atoms with van der Waals surface area (Å²) in [6.07, 6.45) is 1.54. The molecule has 2 aromatic heterocycles. The summed E-state index contributed by atoms with van der Waals surface area (Å²) in [6, 6.07) is 9.45. The Morgan fingerprint density at radius 1 is 1.19 bits per heavy atom. The van der Waals surface area contributed by atoms with Crippen molar-refractivity contribution in [1.29, 1.82) is 0 Å². The number of anilines is 1. The number of hydrogen-bond acceptors (Lipinski definition) is 6. The molecule has 0 atom stereocenters. The molecule has 140 valence electrons. The lowest BCUT2D eigenvalue weighted by atomic mass is 10.1. The number of amides is 1. The Kier molecular flexibility index (Phi) is 5.30. The quantitative estimate of drug-likeness (QED) is 0.665. The van der Waals surface area contributed by atoms with Crippen molar-refractivity contribution in [3.8, 4) is 0 Å². The predicted octanol–water partition coefficient (Wildman–Crippen LogP) is 1.80. The molecule has 0 aliphatic heterocycles. The van der Waals surface area contributed by atoms with Crippen molar-refractivity contribution >= 4 is 17.8 Å². The van der Waals surface area contributed by atoms with Crippen molar-refractivity contribution in [3.05, 3.63) is 59.2 Å². The third-order valence-corrected chi connectivity index (χ3v) is 3.82. The summed E-state index contributed by atoms with van der Waals surface area (Å²) in [5, 5.41) is 10.8. The third-order valence-electron chi connectivity index (χ3n) is 3.82. The highest BCUT2D eigenvalue weighted by molar-refractivity contribution is 6.03. The van der Waals surface area contributed by atoms with Crippen LogP contribution in [0.3, 0.4) is 0 Å². The van der Waals surface area contributed by atoms with Gasteiger partial charge in [0.2, 0.25) is 5.95 Å². The molecular formula is C18H20N6O3. The van der Waals surface area contributed by atoms with E-state index >= 15 is 0 Å². The smallest absolute Gasteiger partial charge is 0.356 e. The van der Waals surface area contributed by atoms with Crippen molar-refractivity contribution in [1.82, 2.24) is 24.5 Å². The van der Waals surface area contributed by atoms with Gasteiger partial charge in [-0.05, 0) is 19.4 Å². The molecule has 3 rings (SSSR count). The highest BCUT2D eigenvalue weighted by Crippen LogP contribution is 2.09. The van der Waals surface area contributed by atoms with E-state index in [4.69, 9.17) is 4.74 Å². The lowest BCUT2D eigenvalue weighted by Crippen LogP contribution is -2.14. The van der Waals surface area contributed by atoms with Gasteiger partial charge in [0.1, 0.15) is 12.0 Å². The number of esters is 1. The van der Waals surface area contributed by atoms with Gasteiger partial charge in [-0.2, -0.15) is 5.10 Å². The van der Waals surface area contributed by atoms with Gasteiger partial charge >= 0.3 is 5.97 Å². The molecule has 0 bridgehead atoms. The molecule has 9 heteroatoms. The monoisotopic (exact) mass is 368 g/mol. The van der Waals surface area contributed by atoms with E-state index in [1.807, 2.05) is 31.2 Å². The molecule has 1 amide bonds. The molecule has 2 heterocycles. The van der Waals surface area contributed by atoms with Crippen LogP contribution < -0.4 is 5.32 Å². The number of ether oxygens (including phenoxy) is 1. The maximum atomic E-state index is 12.3. The second kappa shape index (κ2) is 7.81. The Hall–Kier alpha value is -3.49. The van der Waals surface area contributed by atoms with Gasteiger partial charge in [-0.25, -0.2) is 14.5 Å². The van der Waals surface area contributed by atoms with Gasteiger partial charge in [-0.1, -0.05) is 29.8 Å². The lowest BCUT2D eigenvalue weighted by Gasteiger charge is -2.01. The summed E-state index contributed by atoms with van der Waals surface area (Å²) in [6.45, 7) is 4.52. The predicted molar refractivity (Wildman–Crippen MR) is 97.4 cm³/mol. The minimum atomic E-state index is -0.535. The maximum absolute atomic E-state index is 12.3. The standard InChI is InChI=1S/C18H20N6O3/c1-4-27-17(26)15-9-14(21-23(15)3)16(25)20-18-19-11-24(22-18)10-13-7-5-12(2)6-8-13/h5-9,11H,4,10H2,1-3H3,(H,20,22,25). The van der Waals surface area contributed by atoms with E-state index in [-0.39, 0.29) is 23.9 Å². The van der Waals surface area contributed by atoms with Crippen LogP contribution in [0.5, 0.6) is 0 Å². The highest BCUT2D eigenvalue weighted by Gasteiger charge is 2.19. The molecule has 27 heavy (non-hydrogen) atoms. The molecule has 0 saturated carbocycles. The molecule has 0 aliphatic carbocycles. The SMILES string of the molecule is CCOC(=O)c1cc(C(=O)Nc2ncn(Cc3ccc(C)cc3)n2)nn1C. The Morgan fingerprint density at radius 3 is 2.63 bits per heavy atom. The van der Waals surface area contributed by atoms with Crippen LogP contribution >= 0.6 is 0 Å². The molecule has 1 N–H and O–H groups in total. The minimum absolute atomic E-state index is 0.0791. The number of carbonyl (C=O) groups excluding carboxylic acids is 2. The van der Waals surface area contributed by atoms with Crippen LogP contribution in [0.2, 0.25) is 0 Å². The summed E-state index contributed by atoms with van der Waals surface area (Å²) in [5.41, 5.74) is 2.53. The normalized spacial score (nSPS) is 10.6. The van der Waals surface area contributed by atoms with Gasteiger partial charge in [0, 0.05) is 13.1 Å². The van der Waals surface area contributed by atoms with Crippen LogP contribution in [0.4, 0.5) is 5.95 Å². The summed E-state index contributed by atoms with van der Waals surface area (Å²) in [7, 11) is 1.57. The number of hydrogen-bond donors (Lipinski definition) is 1. The number of benzene rings is 1. The number of carbonyl (C=O) groups is 2. The fourth-order valence-corrected chi connectivity index (χ4v) is 2.45. The molecule has 0 spiro atoms. The van der Waals surface area contributed by atoms with E-state index in [9.17, 15) is 9.59 Å². The number of aryl methyl sites for hydroxylation is 2. The first-order chi connectivity index (χ1) is 13.0. The van der Waals surface area contributed by atoms with E-state index in [2.05, 4.69) is 20.5 Å². The largest absolute Gasteiger partial charge is 0.461 e. The Morgan fingerprint density at radius 2 is 1.93 bits per heavy atom. The molecule has 0 radical (unpaired) electrons. The molecule has 0 aliphatic rings. The van der Waals surface area contributed by atoms with Crippen LogP contribution in [-0.4, -0.2) is 43.0 Å². The zero-order chi connectivity index (χ0) is 19.4. The van der Waals surface area contributed by atoms with E-state index in [0.717, 1.165) is 5.56 Å². The fourth-order valence-electron chi connectivity index (χ4n) is 2.45. The Balaban J connectivity index is 1.66. The molecule has 3 aromatic rings. The average molecular weight is 368 g/mol. The van der Waals surface area contributed by atoms with Crippen molar-refractivity contribution in [2.75, 3.05) is 11.9 Å². The number of nitrogens with zero attached hydrogens (tertiary/aromatic N) is 5. The number of aromatic nitrogens is 5. The third kappa shape index (κ3) is 4.38. The first-order valence-corrected chi connectivity index (χ1v) is 8.43. The van der Waals surface area contributed by atoms with E-state index in [0.29, 0.717) is 6.54 Å². The molecule has 0 saturated heterocycles. The van der Waals surface area contributed by atoms with Crippen LogP contribution in [0, 0.1) is 6.92 Å². The molecule has 0 fully saturated rings.